The maximum Gasteiger partial charge on any atom is 0.386 e. The molecule has 0 radical (unpaired) electrons. The number of alkyl halides is 6. The van der Waals surface area contributed by atoms with E-state index in [9.17, 15) is 76.2 Å². The van der Waals surface area contributed by atoms with Gasteiger partial charge in [0.05, 0.1) is 26.2 Å². The van der Waals surface area contributed by atoms with Crippen molar-refractivity contribution in [1.82, 2.24) is 0 Å². The monoisotopic (exact) mass is 1570 g/mol. The van der Waals surface area contributed by atoms with Gasteiger partial charge >= 0.3 is 12.4 Å². The van der Waals surface area contributed by atoms with E-state index in [1.165, 1.54) is 68.0 Å². The van der Waals surface area contributed by atoms with E-state index in [2.05, 4.69) is 39.8 Å². The van der Waals surface area contributed by atoms with Gasteiger partial charge < -0.3 is 0 Å². The first-order valence-electron chi connectivity index (χ1n) is 37.0. The smallest absolute Gasteiger partial charge is 0.288 e. The molecular formula is C90H72F6N6O6S4. The summed E-state index contributed by atoms with van der Waals surface area (Å²) < 4.78 is 66.7. The lowest BCUT2D eigenvalue weighted by Crippen LogP contribution is -2.28. The predicted octanol–water partition coefficient (Wildman–Crippen LogP) is 24.3. The lowest BCUT2D eigenvalue weighted by Gasteiger charge is -2.38. The highest BCUT2D eigenvalue weighted by Crippen LogP contribution is 2.71. The van der Waals surface area contributed by atoms with Crippen LogP contribution in [-0.4, -0.2) is 58.5 Å². The molecule has 0 saturated heterocycles. The molecular weight excluding hydrogens is 1500 g/mol. The van der Waals surface area contributed by atoms with Gasteiger partial charge in [0.15, 0.2) is 23.1 Å². The summed E-state index contributed by atoms with van der Waals surface area (Å²) >= 11 is 6.70. The van der Waals surface area contributed by atoms with Crippen molar-refractivity contribution in [3.63, 3.8) is 0 Å². The van der Waals surface area contributed by atoms with Gasteiger partial charge in [-0.2, -0.15) is 47.4 Å². The Hall–Kier alpha value is -11.0. The minimum atomic E-state index is -4.00. The normalized spacial score (nSPS) is 19.1. The Kier molecular flexibility index (Phi) is 21.1. The molecule has 4 heterocycles. The van der Waals surface area contributed by atoms with Crippen LogP contribution in [0.3, 0.4) is 0 Å². The zero-order valence-electron chi connectivity index (χ0n) is 62.8. The summed E-state index contributed by atoms with van der Waals surface area (Å²) in [4.78, 5) is 93.9. The maximum absolute atomic E-state index is 13.6. The number of hydrogen-bond acceptors (Lipinski definition) is 16. The summed E-state index contributed by atoms with van der Waals surface area (Å²) in [6, 6.07) is 40.1. The molecule has 2 fully saturated rings. The molecule has 2 saturated carbocycles. The second kappa shape index (κ2) is 29.9. The van der Waals surface area contributed by atoms with Crippen molar-refractivity contribution < 1.29 is 55.1 Å². The standard InChI is InChI=1S/C42H32O4S2.C40H22N6O2S2.2C2H3F3.2C2H6/c43-35-25-11-3-4-12-26(25)36(44)29(35)19-23-20-31-33(41(23)15-7-1-8-16-41)40-34(42(31)17-9-2-10-18-42)39-32(48-40)22-24(47-39)21-30-37(45)27-13-5-6-14-28(27)38(30)46;1-39(2)25-13-27(45-33-29(19(15-41)16-42)21-9-5-7-11-23(21)35(33)47)40(3,4)31(25)38-32(39)37-26(49-38)14-28(50-37)46-34-30(20(17-43)18-44)22-10-6-8-12-24(22)36(34)48;2*1-2(3,4)5;2*1-2/h3-6,11-14,19-22H,1-2,7-10,15-18H2;5-14H,1-4H3;2*1H3;2*1-2H3. The predicted molar refractivity (Wildman–Crippen MR) is 431 cm³/mol. The third kappa shape index (κ3) is 13.1. The fourth-order valence-electron chi connectivity index (χ4n) is 17.4. The van der Waals surface area contributed by atoms with Crippen LogP contribution in [0.25, 0.3) is 47.2 Å². The number of rotatable bonds is 4. The summed E-state index contributed by atoms with van der Waals surface area (Å²) in [5.74, 6) is -1.30. The summed E-state index contributed by atoms with van der Waals surface area (Å²) in [5, 5.41) is 39.6. The van der Waals surface area contributed by atoms with E-state index in [0.29, 0.717) is 60.8 Å². The zero-order chi connectivity index (χ0) is 80.6. The fourth-order valence-corrected chi connectivity index (χ4v) is 23.3. The molecule has 10 aliphatic carbocycles. The Labute approximate surface area is 659 Å². The Morgan fingerprint density at radius 2 is 0.812 bits per heavy atom. The third-order valence-electron chi connectivity index (χ3n) is 21.9. The summed E-state index contributed by atoms with van der Waals surface area (Å²) in [6.45, 7) is 16.8. The summed E-state index contributed by atoms with van der Waals surface area (Å²) in [5.41, 5.74) is 13.1. The molecule has 0 aliphatic heterocycles. The van der Waals surface area contributed by atoms with E-state index < -0.39 is 23.2 Å². The van der Waals surface area contributed by atoms with Crippen LogP contribution in [0, 0.1) is 56.2 Å². The van der Waals surface area contributed by atoms with Gasteiger partial charge in [-0.3, -0.25) is 28.8 Å². The molecule has 0 amide bonds. The first-order chi connectivity index (χ1) is 53.4. The maximum atomic E-state index is 13.6. The summed E-state index contributed by atoms with van der Waals surface area (Å²) in [7, 11) is 0. The first kappa shape index (κ1) is 79.1. The summed E-state index contributed by atoms with van der Waals surface area (Å²) in [6.07, 6.45) is 11.5. The van der Waals surface area contributed by atoms with Crippen molar-refractivity contribution >= 4 is 144 Å². The minimum absolute atomic E-state index is 0.0931. The van der Waals surface area contributed by atoms with E-state index in [-0.39, 0.29) is 98.7 Å². The topological polar surface area (TPSA) is 222 Å². The van der Waals surface area contributed by atoms with E-state index >= 15 is 0 Å². The van der Waals surface area contributed by atoms with Gasteiger partial charge in [0.25, 0.3) is 0 Å². The average molecular weight is 1580 g/mol. The van der Waals surface area contributed by atoms with Crippen molar-refractivity contribution in [1.29, 1.82) is 21.0 Å². The number of allylic oxidation sites excluding steroid dienone is 14. The molecule has 112 heavy (non-hydrogen) atoms. The van der Waals surface area contributed by atoms with Crippen molar-refractivity contribution in [2.45, 2.75) is 157 Å². The quantitative estimate of drug-likeness (QED) is 0.0701. The van der Waals surface area contributed by atoms with Gasteiger partial charge in [0, 0.05) is 104 Å². The van der Waals surface area contributed by atoms with E-state index in [0.717, 1.165) is 80.0 Å². The Bertz CT molecular complexity index is 5880. The van der Waals surface area contributed by atoms with E-state index in [1.54, 1.807) is 95.5 Å². The second-order valence-electron chi connectivity index (χ2n) is 29.2. The van der Waals surface area contributed by atoms with Crippen LogP contribution in [0.5, 0.6) is 0 Å². The molecule has 18 rings (SSSR count). The second-order valence-corrected chi connectivity index (χ2v) is 33.4. The van der Waals surface area contributed by atoms with Crippen LogP contribution < -0.4 is 0 Å². The molecule has 12 nitrogen and oxygen atoms in total. The molecule has 10 aliphatic rings. The number of halogens is 6. The van der Waals surface area contributed by atoms with E-state index in [1.807, 2.05) is 112 Å². The molecule has 0 unspecified atom stereocenters. The number of thiophene rings is 4. The lowest BCUT2D eigenvalue weighted by molar-refractivity contribution is -0.111. The highest BCUT2D eigenvalue weighted by Gasteiger charge is 2.57. The van der Waals surface area contributed by atoms with Crippen LogP contribution in [-0.2, 0) is 10.8 Å². The highest BCUT2D eigenvalue weighted by molar-refractivity contribution is 7.31. The van der Waals surface area contributed by atoms with Crippen molar-refractivity contribution in [3.05, 3.63) is 242 Å². The Morgan fingerprint density at radius 3 is 1.25 bits per heavy atom. The van der Waals surface area contributed by atoms with Crippen LogP contribution in [0.1, 0.15) is 232 Å². The largest absolute Gasteiger partial charge is 0.386 e. The van der Waals surface area contributed by atoms with Gasteiger partial charge in [-0.25, -0.2) is 9.98 Å². The number of ketones is 6. The highest BCUT2D eigenvalue weighted by atomic mass is 32.1. The number of nitriles is 4. The van der Waals surface area contributed by atoms with Crippen molar-refractivity contribution in [3.8, 4) is 24.3 Å². The average Bonchev–Trinajstić information content (AvgIpc) is 1.51. The van der Waals surface area contributed by atoms with Crippen molar-refractivity contribution in [2.75, 3.05) is 0 Å². The van der Waals surface area contributed by atoms with Crippen LogP contribution in [0.2, 0.25) is 0 Å². The fraction of sp³-hybridized carbons (Fsp3) is 0.289. The third-order valence-corrected chi connectivity index (χ3v) is 26.6. The first-order valence-corrected chi connectivity index (χ1v) is 40.2. The molecule has 2 spiro atoms. The number of nitrogens with zero attached hydrogens (tertiary/aromatic N) is 6. The number of hydrogen-bond donors (Lipinski definition) is 0. The number of aliphatic imine (C=N–C) groups is 2. The molecule has 564 valence electrons. The minimum Gasteiger partial charge on any atom is -0.288 e. The number of carbonyl (C=O) groups is 6. The molecule has 4 aromatic carbocycles. The molecule has 0 bridgehead atoms. The van der Waals surface area contributed by atoms with Gasteiger partial charge in [0.1, 0.15) is 51.8 Å². The van der Waals surface area contributed by atoms with Gasteiger partial charge in [-0.15, -0.1) is 45.3 Å². The molecule has 0 N–H and O–H groups in total. The van der Waals surface area contributed by atoms with Crippen LogP contribution in [0.15, 0.2) is 182 Å². The molecule has 22 heteroatoms. The van der Waals surface area contributed by atoms with E-state index in [4.69, 9.17) is 9.98 Å². The SMILES string of the molecule is CC.CC.CC(F)(F)F.CC(F)(F)F.CC1(C)C(N=C2C(=O)c3ccccc3C2=C(C#N)C#N)=CC2=C1c1sc3cc(N=C4C(=O)c5ccccc5C4=C(C#N)C#N)sc3c1C2(C)C.O=C1C(=CC2=CC3=C(c4sc5cc(C=C6C(=O)c7ccccc7C6=O)sc5c4C34CCCCC4)C23CCCCC3)C(=O)c2ccccc21. The molecule has 0 atom stereocenters. The van der Waals surface area contributed by atoms with Crippen LogP contribution in [0.4, 0.5) is 31.3 Å². The molecule has 4 aromatic heterocycles. The van der Waals surface area contributed by atoms with Gasteiger partial charge in [-0.05, 0) is 106 Å². The number of carbonyl (C=O) groups excluding carboxylic acids is 6. The Morgan fingerprint density at radius 1 is 0.438 bits per heavy atom. The number of Topliss-reactive ketones (excluding diaryl/α,β-unsaturated/α-hetero) is 6. The van der Waals surface area contributed by atoms with Crippen molar-refractivity contribution in [2.24, 2.45) is 20.8 Å². The lowest BCUT2D eigenvalue weighted by atomic mass is 9.66. The van der Waals surface area contributed by atoms with Gasteiger partial charge in [-0.1, -0.05) is 197 Å². The number of fused-ring (bicyclic) bond motifs is 15. The zero-order valence-corrected chi connectivity index (χ0v) is 66.1. The number of benzene rings is 4. The van der Waals surface area contributed by atoms with Gasteiger partial charge in [0.2, 0.25) is 11.6 Å². The Balaban J connectivity index is 0.000000169. The molecule has 8 aromatic rings. The van der Waals surface area contributed by atoms with Crippen LogP contribution >= 0.6 is 45.3 Å².